The van der Waals surface area contributed by atoms with Gasteiger partial charge < -0.3 is 10.8 Å². The summed E-state index contributed by atoms with van der Waals surface area (Å²) in [6.45, 7) is -0.171. The molecule has 1 atom stereocenters. The molecule has 1 rings (SSSR count). The molecule has 3 N–H and O–H groups in total. The Morgan fingerprint density at radius 1 is 1.75 bits per heavy atom. The van der Waals surface area contributed by atoms with Crippen molar-refractivity contribution >= 4 is 6.29 Å². The van der Waals surface area contributed by atoms with Crippen LogP contribution in [0.4, 0.5) is 0 Å². The van der Waals surface area contributed by atoms with E-state index in [-0.39, 0.29) is 6.61 Å². The van der Waals surface area contributed by atoms with Crippen molar-refractivity contribution in [2.75, 3.05) is 6.61 Å². The fourth-order valence-electron chi connectivity index (χ4n) is 0.835. The fourth-order valence-corrected chi connectivity index (χ4v) is 0.835. The van der Waals surface area contributed by atoms with Gasteiger partial charge in [0, 0.05) is 11.8 Å². The maximum Gasteiger partial charge on any atom is 0.150 e. The first-order chi connectivity index (χ1) is 5.77. The number of aliphatic hydroxyl groups excluding tert-OH is 1. The SMILES string of the molecule is N[C@@H](CO)c1cc(C=O)ccn1. The number of hydrogen-bond donors (Lipinski definition) is 2. The highest BCUT2D eigenvalue weighted by Gasteiger charge is 2.05. The molecule has 0 aliphatic rings. The highest BCUT2D eigenvalue weighted by molar-refractivity contribution is 5.74. The number of carbonyl (C=O) groups excluding carboxylic acids is 1. The lowest BCUT2D eigenvalue weighted by Crippen LogP contribution is -2.16. The summed E-state index contributed by atoms with van der Waals surface area (Å²) in [5.41, 5.74) is 6.54. The molecule has 0 saturated heterocycles. The Hall–Kier alpha value is -1.26. The van der Waals surface area contributed by atoms with Crippen LogP contribution in [0.25, 0.3) is 0 Å². The van der Waals surface area contributed by atoms with E-state index in [0.29, 0.717) is 11.3 Å². The van der Waals surface area contributed by atoms with E-state index in [1.165, 1.54) is 6.20 Å². The average Bonchev–Trinajstić information content (AvgIpc) is 2.17. The summed E-state index contributed by atoms with van der Waals surface area (Å²) >= 11 is 0. The fraction of sp³-hybridized carbons (Fsp3) is 0.250. The zero-order chi connectivity index (χ0) is 8.97. The summed E-state index contributed by atoms with van der Waals surface area (Å²) in [5.74, 6) is 0. The first kappa shape index (κ1) is 8.83. The van der Waals surface area contributed by atoms with Crippen molar-refractivity contribution in [3.63, 3.8) is 0 Å². The minimum atomic E-state index is -0.509. The predicted molar refractivity (Wildman–Crippen MR) is 43.6 cm³/mol. The number of rotatable bonds is 3. The van der Waals surface area contributed by atoms with Crippen LogP contribution in [0.15, 0.2) is 18.3 Å². The van der Waals surface area contributed by atoms with Crippen LogP contribution in [0, 0.1) is 0 Å². The number of pyridine rings is 1. The van der Waals surface area contributed by atoms with Crippen molar-refractivity contribution in [2.24, 2.45) is 5.73 Å². The number of aliphatic hydroxyl groups is 1. The smallest absolute Gasteiger partial charge is 0.150 e. The zero-order valence-corrected chi connectivity index (χ0v) is 6.47. The molecule has 1 aromatic heterocycles. The highest BCUT2D eigenvalue weighted by Crippen LogP contribution is 2.06. The van der Waals surface area contributed by atoms with Gasteiger partial charge in [-0.25, -0.2) is 0 Å². The Labute approximate surface area is 70.0 Å². The van der Waals surface area contributed by atoms with E-state index in [9.17, 15) is 4.79 Å². The van der Waals surface area contributed by atoms with Crippen LogP contribution in [-0.4, -0.2) is 23.0 Å². The van der Waals surface area contributed by atoms with Gasteiger partial charge in [0.15, 0.2) is 0 Å². The van der Waals surface area contributed by atoms with Crippen molar-refractivity contribution in [2.45, 2.75) is 6.04 Å². The molecule has 0 saturated carbocycles. The van der Waals surface area contributed by atoms with Gasteiger partial charge in [-0.2, -0.15) is 0 Å². The Morgan fingerprint density at radius 3 is 3.08 bits per heavy atom. The normalized spacial score (nSPS) is 12.5. The molecule has 0 amide bonds. The number of hydrogen-bond acceptors (Lipinski definition) is 4. The molecule has 4 nitrogen and oxygen atoms in total. The predicted octanol–water partition coefficient (Wildman–Crippen LogP) is -0.114. The van der Waals surface area contributed by atoms with Gasteiger partial charge in [-0.3, -0.25) is 9.78 Å². The summed E-state index contributed by atoms with van der Waals surface area (Å²) in [4.78, 5) is 14.3. The molecule has 0 bridgehead atoms. The van der Waals surface area contributed by atoms with Gasteiger partial charge in [0.25, 0.3) is 0 Å². The second kappa shape index (κ2) is 3.94. The van der Waals surface area contributed by atoms with Gasteiger partial charge in [0.2, 0.25) is 0 Å². The number of nitrogens with zero attached hydrogens (tertiary/aromatic N) is 1. The third-order valence-corrected chi connectivity index (χ3v) is 1.52. The molecular formula is C8H10N2O2. The summed E-state index contributed by atoms with van der Waals surface area (Å²) < 4.78 is 0. The Morgan fingerprint density at radius 2 is 2.50 bits per heavy atom. The largest absolute Gasteiger partial charge is 0.394 e. The van der Waals surface area contributed by atoms with E-state index < -0.39 is 6.04 Å². The van der Waals surface area contributed by atoms with E-state index >= 15 is 0 Å². The van der Waals surface area contributed by atoms with Crippen molar-refractivity contribution in [3.8, 4) is 0 Å². The molecule has 0 fully saturated rings. The van der Waals surface area contributed by atoms with Gasteiger partial charge in [0.1, 0.15) is 6.29 Å². The summed E-state index contributed by atoms with van der Waals surface area (Å²) in [7, 11) is 0. The van der Waals surface area contributed by atoms with Crippen molar-refractivity contribution in [3.05, 3.63) is 29.6 Å². The lowest BCUT2D eigenvalue weighted by molar-refractivity contribution is 0.112. The molecule has 1 heterocycles. The Kier molecular flexibility index (Phi) is 2.90. The van der Waals surface area contributed by atoms with Gasteiger partial charge >= 0.3 is 0 Å². The number of aromatic nitrogens is 1. The molecule has 4 heteroatoms. The molecule has 1 aromatic rings. The van der Waals surface area contributed by atoms with Crippen LogP contribution in [0.3, 0.4) is 0 Å². The average molecular weight is 166 g/mol. The van der Waals surface area contributed by atoms with Crippen LogP contribution < -0.4 is 5.73 Å². The molecule has 0 radical (unpaired) electrons. The van der Waals surface area contributed by atoms with Gasteiger partial charge in [0.05, 0.1) is 18.3 Å². The zero-order valence-electron chi connectivity index (χ0n) is 6.47. The van der Waals surface area contributed by atoms with Crippen LogP contribution >= 0.6 is 0 Å². The number of aldehydes is 1. The third-order valence-electron chi connectivity index (χ3n) is 1.52. The van der Waals surface area contributed by atoms with Crippen molar-refractivity contribution in [1.29, 1.82) is 0 Å². The molecule has 12 heavy (non-hydrogen) atoms. The first-order valence-electron chi connectivity index (χ1n) is 3.55. The number of nitrogens with two attached hydrogens (primary N) is 1. The summed E-state index contributed by atoms with van der Waals surface area (Å²) in [6, 6.07) is 2.64. The second-order valence-electron chi connectivity index (χ2n) is 2.42. The van der Waals surface area contributed by atoms with Crippen LogP contribution in [0.2, 0.25) is 0 Å². The highest BCUT2D eigenvalue weighted by atomic mass is 16.3. The monoisotopic (exact) mass is 166 g/mol. The van der Waals surface area contributed by atoms with Crippen LogP contribution in [0.1, 0.15) is 22.1 Å². The Balaban J connectivity index is 2.93. The van der Waals surface area contributed by atoms with Gasteiger partial charge in [-0.05, 0) is 12.1 Å². The minimum Gasteiger partial charge on any atom is -0.394 e. The van der Waals surface area contributed by atoms with E-state index in [2.05, 4.69) is 4.98 Å². The van der Waals surface area contributed by atoms with E-state index in [1.807, 2.05) is 0 Å². The second-order valence-corrected chi connectivity index (χ2v) is 2.42. The third kappa shape index (κ3) is 1.87. The standard InChI is InChI=1S/C8H10N2O2/c9-7(5-12)8-3-6(4-11)1-2-10-8/h1-4,7,12H,5,9H2/t7-/m0/s1. The van der Waals surface area contributed by atoms with Crippen LogP contribution in [0.5, 0.6) is 0 Å². The summed E-state index contributed by atoms with van der Waals surface area (Å²) in [5, 5.41) is 8.70. The Bertz CT molecular complexity index is 276. The lowest BCUT2D eigenvalue weighted by Gasteiger charge is -2.06. The molecular weight excluding hydrogens is 156 g/mol. The van der Waals surface area contributed by atoms with Crippen molar-refractivity contribution < 1.29 is 9.90 Å². The topological polar surface area (TPSA) is 76.2 Å². The number of carbonyl (C=O) groups is 1. The first-order valence-corrected chi connectivity index (χ1v) is 3.55. The lowest BCUT2D eigenvalue weighted by atomic mass is 10.1. The minimum absolute atomic E-state index is 0.171. The van der Waals surface area contributed by atoms with E-state index in [0.717, 1.165) is 6.29 Å². The molecule has 0 aliphatic heterocycles. The van der Waals surface area contributed by atoms with Gasteiger partial charge in [-0.15, -0.1) is 0 Å². The molecule has 0 aliphatic carbocycles. The molecule has 0 spiro atoms. The van der Waals surface area contributed by atoms with Crippen LogP contribution in [-0.2, 0) is 0 Å². The van der Waals surface area contributed by atoms with Gasteiger partial charge in [-0.1, -0.05) is 0 Å². The molecule has 64 valence electrons. The maximum atomic E-state index is 10.3. The molecule has 0 unspecified atom stereocenters. The summed E-state index contributed by atoms with van der Waals surface area (Å²) in [6.07, 6.45) is 2.21. The molecule has 0 aromatic carbocycles. The van der Waals surface area contributed by atoms with Crippen molar-refractivity contribution in [1.82, 2.24) is 4.98 Å². The maximum absolute atomic E-state index is 10.3. The van der Waals surface area contributed by atoms with E-state index in [4.69, 9.17) is 10.8 Å². The van der Waals surface area contributed by atoms with E-state index in [1.54, 1.807) is 12.1 Å². The quantitative estimate of drug-likeness (QED) is 0.614.